The van der Waals surface area contributed by atoms with Crippen molar-refractivity contribution in [2.45, 2.75) is 38.1 Å². The van der Waals surface area contributed by atoms with Crippen LogP contribution in [0.3, 0.4) is 0 Å². The number of sulfone groups is 1. The molecule has 0 aromatic carbocycles. The molecule has 1 saturated heterocycles. The number of carbonyl (C=O) groups is 1. The highest BCUT2D eigenvalue weighted by atomic mass is 32.2. The van der Waals surface area contributed by atoms with Gasteiger partial charge in [0, 0.05) is 25.9 Å². The van der Waals surface area contributed by atoms with Crippen LogP contribution in [0.5, 0.6) is 0 Å². The summed E-state index contributed by atoms with van der Waals surface area (Å²) in [4.78, 5) is 13.9. The SMILES string of the molecule is COCCN(C(=O)NC=C1CCCC1)C1CCS(=O)(=O)C1. The molecule has 2 amide bonds. The number of carbonyl (C=O) groups excluding carboxylic acids is 1. The summed E-state index contributed by atoms with van der Waals surface area (Å²) in [6, 6.07) is -0.472. The topological polar surface area (TPSA) is 75.7 Å². The molecule has 21 heavy (non-hydrogen) atoms. The molecule has 0 aromatic rings. The van der Waals surface area contributed by atoms with E-state index in [1.807, 2.05) is 0 Å². The predicted octanol–water partition coefficient (Wildman–Crippen LogP) is 1.29. The minimum Gasteiger partial charge on any atom is -0.383 e. The molecule has 1 unspecified atom stereocenters. The summed E-state index contributed by atoms with van der Waals surface area (Å²) in [7, 11) is -1.44. The van der Waals surface area contributed by atoms with Crippen LogP contribution in [-0.4, -0.2) is 57.2 Å². The van der Waals surface area contributed by atoms with Gasteiger partial charge in [-0.2, -0.15) is 0 Å². The van der Waals surface area contributed by atoms with Crippen molar-refractivity contribution in [1.82, 2.24) is 10.2 Å². The van der Waals surface area contributed by atoms with E-state index in [2.05, 4.69) is 5.32 Å². The van der Waals surface area contributed by atoms with Crippen LogP contribution in [0.15, 0.2) is 11.8 Å². The Labute approximate surface area is 126 Å². The third kappa shape index (κ3) is 4.71. The highest BCUT2D eigenvalue weighted by molar-refractivity contribution is 7.91. The molecule has 2 aliphatic rings. The molecule has 1 N–H and O–H groups in total. The zero-order valence-electron chi connectivity index (χ0n) is 12.5. The van der Waals surface area contributed by atoms with Gasteiger partial charge in [0.05, 0.1) is 18.1 Å². The van der Waals surface area contributed by atoms with E-state index in [0.717, 1.165) is 12.8 Å². The number of urea groups is 1. The van der Waals surface area contributed by atoms with Gasteiger partial charge in [-0.1, -0.05) is 5.57 Å². The van der Waals surface area contributed by atoms with E-state index in [9.17, 15) is 13.2 Å². The van der Waals surface area contributed by atoms with Gasteiger partial charge in [0.1, 0.15) is 0 Å². The molecule has 0 aromatic heterocycles. The van der Waals surface area contributed by atoms with E-state index < -0.39 is 9.84 Å². The van der Waals surface area contributed by atoms with Crippen molar-refractivity contribution in [3.8, 4) is 0 Å². The molecule has 120 valence electrons. The molecule has 1 aliphatic carbocycles. The normalized spacial score (nSPS) is 24.0. The van der Waals surface area contributed by atoms with Crippen LogP contribution in [0.1, 0.15) is 32.1 Å². The summed E-state index contributed by atoms with van der Waals surface area (Å²) in [6.45, 7) is 0.812. The molecular weight excluding hydrogens is 292 g/mol. The van der Waals surface area contributed by atoms with Crippen LogP contribution in [0.25, 0.3) is 0 Å². The van der Waals surface area contributed by atoms with Crippen molar-refractivity contribution in [3.05, 3.63) is 11.8 Å². The monoisotopic (exact) mass is 316 g/mol. The second-order valence-corrected chi connectivity index (χ2v) is 7.93. The zero-order valence-corrected chi connectivity index (χ0v) is 13.3. The van der Waals surface area contributed by atoms with Crippen LogP contribution < -0.4 is 5.32 Å². The fourth-order valence-corrected chi connectivity index (χ4v) is 4.61. The van der Waals surface area contributed by atoms with Crippen LogP contribution >= 0.6 is 0 Å². The molecule has 1 saturated carbocycles. The van der Waals surface area contributed by atoms with E-state index in [1.165, 1.54) is 18.4 Å². The summed E-state index contributed by atoms with van der Waals surface area (Å²) in [5, 5.41) is 2.81. The Morgan fingerprint density at radius 1 is 1.43 bits per heavy atom. The van der Waals surface area contributed by atoms with Gasteiger partial charge in [-0.15, -0.1) is 0 Å². The molecule has 0 radical (unpaired) electrons. The Kier molecular flexibility index (Phi) is 5.64. The summed E-state index contributed by atoms with van der Waals surface area (Å²) < 4.78 is 28.2. The molecule has 1 heterocycles. The zero-order chi connectivity index (χ0) is 15.3. The third-order valence-corrected chi connectivity index (χ3v) is 5.84. The van der Waals surface area contributed by atoms with Crippen LogP contribution in [0, 0.1) is 0 Å². The van der Waals surface area contributed by atoms with Gasteiger partial charge in [-0.25, -0.2) is 13.2 Å². The van der Waals surface area contributed by atoms with Crippen molar-refractivity contribution in [2.75, 3.05) is 31.8 Å². The molecular formula is C14H24N2O4S. The van der Waals surface area contributed by atoms with Gasteiger partial charge in [-0.05, 0) is 32.1 Å². The van der Waals surface area contributed by atoms with Crippen LogP contribution in [0.4, 0.5) is 4.79 Å². The van der Waals surface area contributed by atoms with Gasteiger partial charge < -0.3 is 15.0 Å². The number of hydrogen-bond acceptors (Lipinski definition) is 4. The standard InChI is InChI=1S/C14H24N2O4S/c1-20-8-7-16(13-6-9-21(18,19)11-13)14(17)15-10-12-4-2-3-5-12/h10,13H,2-9,11H2,1H3,(H,15,17). The maximum Gasteiger partial charge on any atom is 0.321 e. The first-order chi connectivity index (χ1) is 10.0. The average Bonchev–Trinajstić information content (AvgIpc) is 3.06. The smallest absolute Gasteiger partial charge is 0.321 e. The molecule has 0 bridgehead atoms. The van der Waals surface area contributed by atoms with Crippen molar-refractivity contribution in [2.24, 2.45) is 0 Å². The number of rotatable bonds is 5. The van der Waals surface area contributed by atoms with Gasteiger partial charge in [0.25, 0.3) is 0 Å². The molecule has 0 spiro atoms. The molecule has 2 fully saturated rings. The lowest BCUT2D eigenvalue weighted by molar-refractivity contribution is 0.135. The Morgan fingerprint density at radius 3 is 2.71 bits per heavy atom. The molecule has 7 heteroatoms. The number of amides is 2. The summed E-state index contributed by atoms with van der Waals surface area (Å²) >= 11 is 0. The fourth-order valence-electron chi connectivity index (χ4n) is 2.88. The number of ether oxygens (including phenoxy) is 1. The number of nitrogens with one attached hydrogen (secondary N) is 1. The van der Waals surface area contributed by atoms with Gasteiger partial charge >= 0.3 is 6.03 Å². The Balaban J connectivity index is 1.97. The van der Waals surface area contributed by atoms with Crippen molar-refractivity contribution in [3.63, 3.8) is 0 Å². The molecule has 1 aliphatic heterocycles. The van der Waals surface area contributed by atoms with E-state index in [4.69, 9.17) is 4.74 Å². The first kappa shape index (κ1) is 16.3. The average molecular weight is 316 g/mol. The van der Waals surface area contributed by atoms with Crippen molar-refractivity contribution >= 4 is 15.9 Å². The quantitative estimate of drug-likeness (QED) is 0.829. The number of methoxy groups -OCH3 is 1. The first-order valence-corrected chi connectivity index (χ1v) is 9.28. The number of hydrogen-bond donors (Lipinski definition) is 1. The second kappa shape index (κ2) is 7.26. The molecule has 1 atom stereocenters. The van der Waals surface area contributed by atoms with Crippen molar-refractivity contribution in [1.29, 1.82) is 0 Å². The largest absolute Gasteiger partial charge is 0.383 e. The summed E-state index contributed by atoms with van der Waals surface area (Å²) in [5.41, 5.74) is 1.26. The third-order valence-electron chi connectivity index (χ3n) is 4.09. The molecule has 2 rings (SSSR count). The first-order valence-electron chi connectivity index (χ1n) is 7.46. The van der Waals surface area contributed by atoms with E-state index in [1.54, 1.807) is 18.2 Å². The lowest BCUT2D eigenvalue weighted by Gasteiger charge is -2.27. The Hall–Kier alpha value is -1.08. The highest BCUT2D eigenvalue weighted by Gasteiger charge is 2.34. The number of nitrogens with zero attached hydrogens (tertiary/aromatic N) is 1. The second-order valence-electron chi connectivity index (χ2n) is 5.70. The minimum absolute atomic E-state index is 0.0563. The maximum absolute atomic E-state index is 12.3. The van der Waals surface area contributed by atoms with Crippen molar-refractivity contribution < 1.29 is 17.9 Å². The predicted molar refractivity (Wildman–Crippen MR) is 80.7 cm³/mol. The van der Waals surface area contributed by atoms with E-state index in [-0.39, 0.29) is 23.6 Å². The van der Waals surface area contributed by atoms with E-state index >= 15 is 0 Å². The van der Waals surface area contributed by atoms with Crippen LogP contribution in [0.2, 0.25) is 0 Å². The molecule has 6 nitrogen and oxygen atoms in total. The van der Waals surface area contributed by atoms with Gasteiger partial charge in [0.2, 0.25) is 0 Å². The summed E-state index contributed by atoms with van der Waals surface area (Å²) in [6.07, 6.45) is 6.73. The van der Waals surface area contributed by atoms with Gasteiger partial charge in [0.15, 0.2) is 9.84 Å². The number of allylic oxidation sites excluding steroid dienone is 1. The van der Waals surface area contributed by atoms with E-state index in [0.29, 0.717) is 19.6 Å². The van der Waals surface area contributed by atoms with Gasteiger partial charge in [-0.3, -0.25) is 0 Å². The minimum atomic E-state index is -3.01. The highest BCUT2D eigenvalue weighted by Crippen LogP contribution is 2.23. The van der Waals surface area contributed by atoms with Crippen LogP contribution in [-0.2, 0) is 14.6 Å². The maximum atomic E-state index is 12.3. The lowest BCUT2D eigenvalue weighted by atomic mass is 10.2. The Morgan fingerprint density at radius 2 is 2.14 bits per heavy atom. The fraction of sp³-hybridized carbons (Fsp3) is 0.786. The Bertz CT molecular complexity index is 493. The summed E-state index contributed by atoms with van der Waals surface area (Å²) in [5.74, 6) is 0.218. The lowest BCUT2D eigenvalue weighted by Crippen LogP contribution is -2.47.